The molecule has 3 amide bonds. The molecular formula is C30H39BrN4O5. The smallest absolute Gasteiger partial charge is 0.407 e. The van der Waals surface area contributed by atoms with Crippen molar-refractivity contribution in [2.75, 3.05) is 50.7 Å². The first kappa shape index (κ1) is 29.7. The molecule has 0 saturated carbocycles. The highest BCUT2D eigenvalue weighted by Crippen LogP contribution is 2.30. The molecule has 216 valence electrons. The molecule has 2 aromatic carbocycles. The van der Waals surface area contributed by atoms with Crippen molar-refractivity contribution in [1.29, 1.82) is 0 Å². The third-order valence-corrected chi connectivity index (χ3v) is 8.19. The van der Waals surface area contributed by atoms with Crippen LogP contribution >= 0.6 is 15.9 Å². The number of carboxylic acid groups (broad SMARTS) is 1. The standard InChI is InChI=1S/C30H39BrN4O5/c1-4-32(20-22-10-12-24(31)13-11-22)27(36)23-7-6-14-35(21-23)25-8-5-9-26(19-25)40-30(2,3)28(37)33-15-17-34(18-16-33)29(38)39/h5,8-13,19,23H,4,6-7,14-18,20-21H2,1-3H3,(H,38,39)/t23-/m1/s1. The molecule has 0 spiro atoms. The van der Waals surface area contributed by atoms with Crippen LogP contribution in [0.15, 0.2) is 53.0 Å². The second kappa shape index (κ2) is 12.9. The average molecular weight is 616 g/mol. The lowest BCUT2D eigenvalue weighted by atomic mass is 9.95. The molecule has 2 aromatic rings. The Morgan fingerprint density at radius 2 is 1.70 bits per heavy atom. The lowest BCUT2D eigenvalue weighted by molar-refractivity contribution is -0.147. The SMILES string of the molecule is CCN(Cc1ccc(Br)cc1)C(=O)[C@@H]1CCCN(c2cccc(OC(C)(C)C(=O)N3CCN(C(=O)O)CC3)c2)C1. The summed E-state index contributed by atoms with van der Waals surface area (Å²) in [6.07, 6.45) is 0.816. The molecule has 2 aliphatic heterocycles. The van der Waals surface area contributed by atoms with Crippen molar-refractivity contribution >= 4 is 39.5 Å². The third-order valence-electron chi connectivity index (χ3n) is 7.66. The Morgan fingerprint density at radius 3 is 2.35 bits per heavy atom. The summed E-state index contributed by atoms with van der Waals surface area (Å²) in [6, 6.07) is 15.8. The molecule has 0 aromatic heterocycles. The molecule has 0 unspecified atom stereocenters. The Bertz CT molecular complexity index is 1200. The number of amides is 3. The summed E-state index contributed by atoms with van der Waals surface area (Å²) in [6.45, 7) is 9.51. The van der Waals surface area contributed by atoms with Crippen molar-refractivity contribution in [3.8, 4) is 5.75 Å². The zero-order valence-corrected chi connectivity index (χ0v) is 25.1. The molecule has 0 bridgehead atoms. The van der Waals surface area contributed by atoms with E-state index < -0.39 is 11.7 Å². The van der Waals surface area contributed by atoms with Gasteiger partial charge in [0.25, 0.3) is 5.91 Å². The Hall–Kier alpha value is -3.27. The predicted octanol–water partition coefficient (Wildman–Crippen LogP) is 4.69. The number of hydrogen-bond acceptors (Lipinski definition) is 5. The van der Waals surface area contributed by atoms with Gasteiger partial charge in [0, 0.05) is 68.6 Å². The Morgan fingerprint density at radius 1 is 1.02 bits per heavy atom. The summed E-state index contributed by atoms with van der Waals surface area (Å²) >= 11 is 3.47. The van der Waals surface area contributed by atoms with Crippen molar-refractivity contribution in [2.24, 2.45) is 5.92 Å². The highest BCUT2D eigenvalue weighted by atomic mass is 79.9. The summed E-state index contributed by atoms with van der Waals surface area (Å²) in [5, 5.41) is 9.18. The van der Waals surface area contributed by atoms with Crippen molar-refractivity contribution in [3.63, 3.8) is 0 Å². The van der Waals surface area contributed by atoms with Crippen LogP contribution in [0.2, 0.25) is 0 Å². The molecule has 0 aliphatic carbocycles. The molecule has 2 saturated heterocycles. The molecule has 2 aliphatic rings. The second-order valence-electron chi connectivity index (χ2n) is 10.9. The van der Waals surface area contributed by atoms with E-state index >= 15 is 0 Å². The first-order chi connectivity index (χ1) is 19.1. The van der Waals surface area contributed by atoms with E-state index in [0.29, 0.717) is 51.6 Å². The number of carbonyl (C=O) groups is 3. The molecule has 40 heavy (non-hydrogen) atoms. The monoisotopic (exact) mass is 614 g/mol. The minimum absolute atomic E-state index is 0.0868. The normalized spacial score (nSPS) is 17.9. The van der Waals surface area contributed by atoms with Crippen LogP contribution in [0.5, 0.6) is 5.75 Å². The molecule has 1 N–H and O–H groups in total. The van der Waals surface area contributed by atoms with Gasteiger partial charge in [0.05, 0.1) is 5.92 Å². The largest absolute Gasteiger partial charge is 0.478 e. The Kier molecular flexibility index (Phi) is 9.60. The maximum absolute atomic E-state index is 13.5. The summed E-state index contributed by atoms with van der Waals surface area (Å²) in [4.78, 5) is 45.1. The highest BCUT2D eigenvalue weighted by molar-refractivity contribution is 9.10. The molecule has 1 atom stereocenters. The number of halogens is 1. The lowest BCUT2D eigenvalue weighted by Gasteiger charge is -2.38. The van der Waals surface area contributed by atoms with Crippen LogP contribution < -0.4 is 9.64 Å². The predicted molar refractivity (Wildman–Crippen MR) is 157 cm³/mol. The third kappa shape index (κ3) is 7.27. The van der Waals surface area contributed by atoms with E-state index in [1.165, 1.54) is 4.90 Å². The van der Waals surface area contributed by atoms with E-state index in [4.69, 9.17) is 4.74 Å². The van der Waals surface area contributed by atoms with E-state index in [2.05, 4.69) is 20.8 Å². The van der Waals surface area contributed by atoms with Gasteiger partial charge in [-0.05, 0) is 63.4 Å². The summed E-state index contributed by atoms with van der Waals surface area (Å²) in [5.41, 5.74) is 0.958. The minimum atomic E-state index is -1.11. The summed E-state index contributed by atoms with van der Waals surface area (Å²) in [7, 11) is 0. The van der Waals surface area contributed by atoms with Crippen LogP contribution in [0.3, 0.4) is 0 Å². The zero-order chi connectivity index (χ0) is 28.9. The highest BCUT2D eigenvalue weighted by Gasteiger charge is 2.36. The number of rotatable bonds is 8. The van der Waals surface area contributed by atoms with Crippen molar-refractivity contribution in [1.82, 2.24) is 14.7 Å². The quantitative estimate of drug-likeness (QED) is 0.463. The fourth-order valence-electron chi connectivity index (χ4n) is 5.39. The molecule has 0 radical (unpaired) electrons. The van der Waals surface area contributed by atoms with Crippen LogP contribution in [0.1, 0.15) is 39.2 Å². The number of piperazine rings is 1. The van der Waals surface area contributed by atoms with Crippen LogP contribution in [0, 0.1) is 5.92 Å². The second-order valence-corrected chi connectivity index (χ2v) is 11.9. The van der Waals surface area contributed by atoms with E-state index in [1.54, 1.807) is 18.7 Å². The number of ether oxygens (including phenoxy) is 1. The van der Waals surface area contributed by atoms with Crippen LogP contribution in [0.4, 0.5) is 10.5 Å². The molecule has 10 heteroatoms. The molecule has 2 heterocycles. The van der Waals surface area contributed by atoms with E-state index in [-0.39, 0.29) is 17.7 Å². The molecule has 4 rings (SSSR count). The van der Waals surface area contributed by atoms with Gasteiger partial charge < -0.3 is 29.4 Å². The number of benzene rings is 2. The maximum atomic E-state index is 13.5. The minimum Gasteiger partial charge on any atom is -0.478 e. The van der Waals surface area contributed by atoms with Crippen molar-refractivity contribution in [2.45, 2.75) is 45.8 Å². The first-order valence-electron chi connectivity index (χ1n) is 13.9. The van der Waals surface area contributed by atoms with Gasteiger partial charge >= 0.3 is 6.09 Å². The fourth-order valence-corrected chi connectivity index (χ4v) is 5.66. The Labute approximate surface area is 244 Å². The van der Waals surface area contributed by atoms with E-state index in [9.17, 15) is 19.5 Å². The van der Waals surface area contributed by atoms with Crippen molar-refractivity contribution in [3.05, 3.63) is 58.6 Å². The van der Waals surface area contributed by atoms with E-state index in [0.717, 1.165) is 35.1 Å². The maximum Gasteiger partial charge on any atom is 0.407 e. The average Bonchev–Trinajstić information content (AvgIpc) is 2.96. The van der Waals surface area contributed by atoms with E-state index in [1.807, 2.05) is 60.4 Å². The molecule has 9 nitrogen and oxygen atoms in total. The van der Waals surface area contributed by atoms with Gasteiger partial charge in [-0.2, -0.15) is 0 Å². The van der Waals surface area contributed by atoms with Crippen LogP contribution in [0.25, 0.3) is 0 Å². The number of piperidine rings is 1. The van der Waals surface area contributed by atoms with Crippen LogP contribution in [-0.2, 0) is 16.1 Å². The number of anilines is 1. The number of nitrogens with zero attached hydrogens (tertiary/aromatic N) is 4. The number of carbonyl (C=O) groups excluding carboxylic acids is 2. The van der Waals surface area contributed by atoms with Gasteiger partial charge in [-0.25, -0.2) is 4.79 Å². The molecule has 2 fully saturated rings. The van der Waals surface area contributed by atoms with Gasteiger partial charge in [0.2, 0.25) is 5.91 Å². The zero-order valence-electron chi connectivity index (χ0n) is 23.5. The first-order valence-corrected chi connectivity index (χ1v) is 14.7. The Balaban J connectivity index is 1.38. The van der Waals surface area contributed by atoms with Crippen molar-refractivity contribution < 1.29 is 24.2 Å². The lowest BCUT2D eigenvalue weighted by Crippen LogP contribution is -2.56. The number of hydrogen-bond donors (Lipinski definition) is 1. The molecular weight excluding hydrogens is 576 g/mol. The van der Waals surface area contributed by atoms with Crippen LogP contribution in [-0.4, -0.2) is 89.1 Å². The van der Waals surface area contributed by atoms with Gasteiger partial charge in [-0.1, -0.05) is 34.1 Å². The summed E-state index contributed by atoms with van der Waals surface area (Å²) < 4.78 is 7.22. The van der Waals surface area contributed by atoms with Gasteiger partial charge in [-0.3, -0.25) is 9.59 Å². The summed E-state index contributed by atoms with van der Waals surface area (Å²) in [5.74, 6) is 0.504. The van der Waals surface area contributed by atoms with Gasteiger partial charge in [0.1, 0.15) is 5.75 Å². The topological polar surface area (TPSA) is 93.6 Å². The van der Waals surface area contributed by atoms with Gasteiger partial charge in [0.15, 0.2) is 5.60 Å². The van der Waals surface area contributed by atoms with Gasteiger partial charge in [-0.15, -0.1) is 0 Å². The fraction of sp³-hybridized carbons (Fsp3) is 0.500.